The van der Waals surface area contributed by atoms with Crippen LogP contribution >= 0.6 is 0 Å². The van der Waals surface area contributed by atoms with Gasteiger partial charge in [-0.15, -0.1) is 0 Å². The molecule has 1 aliphatic heterocycles. The summed E-state index contributed by atoms with van der Waals surface area (Å²) in [5.41, 5.74) is 5.91. The first-order valence-electron chi connectivity index (χ1n) is 7.08. The molecule has 1 rings (SSSR count). The van der Waals surface area contributed by atoms with Crippen LogP contribution in [0.15, 0.2) is 0 Å². The Labute approximate surface area is 111 Å². The minimum absolute atomic E-state index is 0.195. The van der Waals surface area contributed by atoms with Crippen molar-refractivity contribution in [3.8, 4) is 0 Å². The van der Waals surface area contributed by atoms with Crippen LogP contribution in [0.3, 0.4) is 0 Å². The summed E-state index contributed by atoms with van der Waals surface area (Å²) in [4.78, 5) is 13.8. The zero-order valence-corrected chi connectivity index (χ0v) is 12.3. The molecule has 1 atom stereocenters. The predicted octanol–water partition coefficient (Wildman–Crippen LogP) is 1.35. The van der Waals surface area contributed by atoms with E-state index >= 15 is 0 Å². The summed E-state index contributed by atoms with van der Waals surface area (Å²) in [7, 11) is 0. The fraction of sp³-hybridized carbons (Fsp3) is 0.929. The molecule has 1 heterocycles. The molecule has 1 saturated heterocycles. The van der Waals surface area contributed by atoms with Gasteiger partial charge in [0.1, 0.15) is 0 Å². The standard InChI is InChI=1S/C14H29N3O/c1-11(2)16-12(13(15)18)5-8-17-9-6-14(3,4)7-10-17/h11-12,16H,5-10H2,1-4H3,(H2,15,18). The maximum atomic E-state index is 11.4. The minimum Gasteiger partial charge on any atom is -0.368 e. The summed E-state index contributed by atoms with van der Waals surface area (Å²) >= 11 is 0. The van der Waals surface area contributed by atoms with E-state index in [9.17, 15) is 4.79 Å². The van der Waals surface area contributed by atoms with Gasteiger partial charge in [0.05, 0.1) is 6.04 Å². The largest absolute Gasteiger partial charge is 0.368 e. The monoisotopic (exact) mass is 255 g/mol. The molecule has 1 aliphatic rings. The molecule has 1 unspecified atom stereocenters. The number of likely N-dealkylation sites (tertiary alicyclic amines) is 1. The molecular weight excluding hydrogens is 226 g/mol. The van der Waals surface area contributed by atoms with Crippen molar-refractivity contribution in [1.82, 2.24) is 10.2 Å². The number of nitrogens with two attached hydrogens (primary N) is 1. The van der Waals surface area contributed by atoms with Crippen molar-refractivity contribution in [2.45, 2.75) is 59.0 Å². The van der Waals surface area contributed by atoms with E-state index in [0.29, 0.717) is 11.5 Å². The van der Waals surface area contributed by atoms with Crippen LogP contribution < -0.4 is 11.1 Å². The van der Waals surface area contributed by atoms with Crippen molar-refractivity contribution >= 4 is 5.91 Å². The van der Waals surface area contributed by atoms with Crippen LogP contribution in [0.1, 0.15) is 47.0 Å². The molecule has 0 aliphatic carbocycles. The number of carbonyl (C=O) groups excluding carboxylic acids is 1. The van der Waals surface area contributed by atoms with Crippen molar-refractivity contribution in [2.75, 3.05) is 19.6 Å². The summed E-state index contributed by atoms with van der Waals surface area (Å²) in [6, 6.07) is 0.0997. The number of piperidine rings is 1. The summed E-state index contributed by atoms with van der Waals surface area (Å²) in [5, 5.41) is 3.23. The Kier molecular flexibility index (Phi) is 5.60. The topological polar surface area (TPSA) is 58.4 Å². The lowest BCUT2D eigenvalue weighted by molar-refractivity contribution is -0.120. The Balaban J connectivity index is 2.32. The van der Waals surface area contributed by atoms with Gasteiger partial charge in [0, 0.05) is 12.6 Å². The molecule has 0 radical (unpaired) electrons. The average Bonchev–Trinajstić information content (AvgIpc) is 2.25. The van der Waals surface area contributed by atoms with E-state index in [1.165, 1.54) is 12.8 Å². The Bertz CT molecular complexity index is 266. The van der Waals surface area contributed by atoms with Gasteiger partial charge in [-0.25, -0.2) is 0 Å². The third kappa shape index (κ3) is 5.36. The lowest BCUT2D eigenvalue weighted by Crippen LogP contribution is -2.47. The van der Waals surface area contributed by atoms with Crippen molar-refractivity contribution < 1.29 is 4.79 Å². The fourth-order valence-corrected chi connectivity index (χ4v) is 2.40. The molecule has 0 aromatic carbocycles. The van der Waals surface area contributed by atoms with Gasteiger partial charge in [0.25, 0.3) is 0 Å². The van der Waals surface area contributed by atoms with Gasteiger partial charge in [0.2, 0.25) is 5.91 Å². The number of nitrogens with zero attached hydrogens (tertiary/aromatic N) is 1. The highest BCUT2D eigenvalue weighted by molar-refractivity contribution is 5.79. The third-order valence-corrected chi connectivity index (χ3v) is 3.82. The molecular formula is C14H29N3O. The average molecular weight is 255 g/mol. The first-order chi connectivity index (χ1) is 8.30. The van der Waals surface area contributed by atoms with Gasteiger partial charge >= 0.3 is 0 Å². The van der Waals surface area contributed by atoms with Crippen molar-refractivity contribution in [1.29, 1.82) is 0 Å². The molecule has 106 valence electrons. The quantitative estimate of drug-likeness (QED) is 0.753. The van der Waals surface area contributed by atoms with E-state index in [0.717, 1.165) is 26.1 Å². The van der Waals surface area contributed by atoms with Crippen molar-refractivity contribution in [2.24, 2.45) is 11.1 Å². The van der Waals surface area contributed by atoms with E-state index in [1.807, 2.05) is 13.8 Å². The van der Waals surface area contributed by atoms with Crippen molar-refractivity contribution in [3.05, 3.63) is 0 Å². The molecule has 3 N–H and O–H groups in total. The number of hydrogen-bond donors (Lipinski definition) is 2. The third-order valence-electron chi connectivity index (χ3n) is 3.82. The van der Waals surface area contributed by atoms with Crippen LogP contribution in [0, 0.1) is 5.41 Å². The molecule has 1 amide bonds. The summed E-state index contributed by atoms with van der Waals surface area (Å²) in [6.45, 7) is 12.0. The smallest absolute Gasteiger partial charge is 0.234 e. The maximum Gasteiger partial charge on any atom is 0.234 e. The zero-order valence-electron chi connectivity index (χ0n) is 12.3. The molecule has 1 fully saturated rings. The van der Waals surface area contributed by atoms with Gasteiger partial charge in [-0.1, -0.05) is 27.7 Å². The van der Waals surface area contributed by atoms with E-state index in [1.54, 1.807) is 0 Å². The number of amides is 1. The summed E-state index contributed by atoms with van der Waals surface area (Å²) in [5.74, 6) is -0.235. The zero-order chi connectivity index (χ0) is 13.8. The number of hydrogen-bond acceptors (Lipinski definition) is 3. The summed E-state index contributed by atoms with van der Waals surface area (Å²) in [6.07, 6.45) is 3.30. The van der Waals surface area contributed by atoms with Gasteiger partial charge < -0.3 is 16.0 Å². The van der Waals surface area contributed by atoms with Crippen LogP contribution in [0.5, 0.6) is 0 Å². The number of rotatable bonds is 6. The molecule has 0 aromatic rings. The highest BCUT2D eigenvalue weighted by Crippen LogP contribution is 2.29. The van der Waals surface area contributed by atoms with Gasteiger partial charge in [-0.3, -0.25) is 4.79 Å². The second-order valence-corrected chi connectivity index (χ2v) is 6.57. The van der Waals surface area contributed by atoms with Crippen LogP contribution in [-0.2, 0) is 4.79 Å². The van der Waals surface area contributed by atoms with Crippen LogP contribution in [0.4, 0.5) is 0 Å². The maximum absolute atomic E-state index is 11.4. The second kappa shape index (κ2) is 6.53. The Morgan fingerprint density at radius 3 is 2.33 bits per heavy atom. The Morgan fingerprint density at radius 1 is 1.33 bits per heavy atom. The molecule has 0 bridgehead atoms. The van der Waals surface area contributed by atoms with Gasteiger partial charge in [0.15, 0.2) is 0 Å². The van der Waals surface area contributed by atoms with E-state index < -0.39 is 0 Å². The van der Waals surface area contributed by atoms with Crippen molar-refractivity contribution in [3.63, 3.8) is 0 Å². The number of carbonyl (C=O) groups is 1. The van der Waals surface area contributed by atoms with Gasteiger partial charge in [-0.05, 0) is 37.8 Å². The van der Waals surface area contributed by atoms with Crippen LogP contribution in [0.2, 0.25) is 0 Å². The van der Waals surface area contributed by atoms with Gasteiger partial charge in [-0.2, -0.15) is 0 Å². The predicted molar refractivity (Wildman–Crippen MR) is 75.3 cm³/mol. The minimum atomic E-state index is -0.235. The van der Waals surface area contributed by atoms with E-state index in [4.69, 9.17) is 5.73 Å². The highest BCUT2D eigenvalue weighted by Gasteiger charge is 2.26. The first kappa shape index (κ1) is 15.4. The number of nitrogens with one attached hydrogen (secondary N) is 1. The number of primary amides is 1. The molecule has 18 heavy (non-hydrogen) atoms. The van der Waals surface area contributed by atoms with Crippen LogP contribution in [-0.4, -0.2) is 42.5 Å². The molecule has 0 aromatic heterocycles. The van der Waals surface area contributed by atoms with Crippen LogP contribution in [0.25, 0.3) is 0 Å². The van der Waals surface area contributed by atoms with E-state index in [-0.39, 0.29) is 11.9 Å². The lowest BCUT2D eigenvalue weighted by atomic mass is 9.82. The molecule has 4 heteroatoms. The molecule has 0 saturated carbocycles. The molecule has 4 nitrogen and oxygen atoms in total. The summed E-state index contributed by atoms with van der Waals surface area (Å²) < 4.78 is 0. The first-order valence-corrected chi connectivity index (χ1v) is 7.08. The second-order valence-electron chi connectivity index (χ2n) is 6.57. The van der Waals surface area contributed by atoms with E-state index in [2.05, 4.69) is 24.1 Å². The highest BCUT2D eigenvalue weighted by atomic mass is 16.1. The Morgan fingerprint density at radius 2 is 1.89 bits per heavy atom. The molecule has 0 spiro atoms. The lowest BCUT2D eigenvalue weighted by Gasteiger charge is -2.37. The SMILES string of the molecule is CC(C)NC(CCN1CCC(C)(C)CC1)C(N)=O. The Hall–Kier alpha value is -0.610. The fourth-order valence-electron chi connectivity index (χ4n) is 2.40. The normalized spacial score (nSPS) is 22.1.